The van der Waals surface area contributed by atoms with E-state index in [1.807, 2.05) is 18.2 Å². The van der Waals surface area contributed by atoms with Gasteiger partial charge < -0.3 is 15.8 Å². The predicted octanol–water partition coefficient (Wildman–Crippen LogP) is 2.04. The van der Waals surface area contributed by atoms with Gasteiger partial charge in [-0.05, 0) is 19.2 Å². The molecule has 1 aromatic carbocycles. The molecule has 2 aliphatic rings. The molecule has 1 fully saturated rings. The number of halogens is 2. The molecule has 1 aromatic rings. The van der Waals surface area contributed by atoms with Gasteiger partial charge in [0.2, 0.25) is 0 Å². The Morgan fingerprint density at radius 2 is 1.82 bits per heavy atom. The Bertz CT molecular complexity index is 381. The summed E-state index contributed by atoms with van der Waals surface area (Å²) in [6, 6.07) is 8.17. The van der Waals surface area contributed by atoms with Gasteiger partial charge in [0, 0.05) is 18.4 Å². The first-order valence-electron chi connectivity index (χ1n) is 5.56. The highest BCUT2D eigenvalue weighted by Gasteiger charge is 2.46. The van der Waals surface area contributed by atoms with Crippen LogP contribution in [-0.2, 0) is 0 Å². The van der Waals surface area contributed by atoms with Crippen molar-refractivity contribution in [3.8, 4) is 5.75 Å². The molecule has 0 amide bonds. The number of para-hydroxylation sites is 1. The maximum absolute atomic E-state index is 6.30. The molecule has 0 radical (unpaired) electrons. The van der Waals surface area contributed by atoms with E-state index in [0.717, 1.165) is 31.7 Å². The molecular formula is C12H18Cl2N2O. The van der Waals surface area contributed by atoms with Crippen molar-refractivity contribution >= 4 is 24.8 Å². The molecule has 1 saturated heterocycles. The normalized spacial score (nSPS) is 24.2. The zero-order valence-corrected chi connectivity index (χ0v) is 11.2. The van der Waals surface area contributed by atoms with Crippen LogP contribution < -0.4 is 15.8 Å². The lowest BCUT2D eigenvalue weighted by molar-refractivity contribution is 0.0369. The van der Waals surface area contributed by atoms with Crippen LogP contribution in [0.15, 0.2) is 24.3 Å². The highest BCUT2D eigenvalue weighted by atomic mass is 35.5. The van der Waals surface area contributed by atoms with Crippen LogP contribution in [-0.4, -0.2) is 18.7 Å². The molecule has 3 nitrogen and oxygen atoms in total. The molecule has 1 unspecified atom stereocenters. The van der Waals surface area contributed by atoms with E-state index >= 15 is 0 Å². The smallest absolute Gasteiger partial charge is 0.131 e. The van der Waals surface area contributed by atoms with E-state index in [1.54, 1.807) is 0 Å². The van der Waals surface area contributed by atoms with Gasteiger partial charge in [0.05, 0.1) is 6.04 Å². The number of fused-ring (bicyclic) bond motifs is 1. The van der Waals surface area contributed by atoms with Crippen LogP contribution in [0.4, 0.5) is 0 Å². The van der Waals surface area contributed by atoms with Crippen LogP contribution in [0.25, 0.3) is 0 Å². The first-order valence-corrected chi connectivity index (χ1v) is 5.56. The summed E-state index contributed by atoms with van der Waals surface area (Å²) in [6.07, 6.45) is 2.01. The molecular weight excluding hydrogens is 259 g/mol. The Morgan fingerprint density at radius 3 is 2.47 bits per heavy atom. The number of rotatable bonds is 0. The van der Waals surface area contributed by atoms with Crippen LogP contribution in [0.1, 0.15) is 24.4 Å². The van der Waals surface area contributed by atoms with Gasteiger partial charge in [-0.2, -0.15) is 0 Å². The molecule has 0 bridgehead atoms. The quantitative estimate of drug-likeness (QED) is 0.763. The molecule has 1 spiro atoms. The minimum atomic E-state index is -0.144. The van der Waals surface area contributed by atoms with Gasteiger partial charge in [-0.3, -0.25) is 0 Å². The molecule has 0 aliphatic carbocycles. The van der Waals surface area contributed by atoms with Crippen molar-refractivity contribution in [2.45, 2.75) is 24.5 Å². The van der Waals surface area contributed by atoms with Crippen molar-refractivity contribution in [2.24, 2.45) is 5.73 Å². The van der Waals surface area contributed by atoms with Crippen molar-refractivity contribution in [3.63, 3.8) is 0 Å². The van der Waals surface area contributed by atoms with Crippen molar-refractivity contribution in [1.29, 1.82) is 0 Å². The minimum Gasteiger partial charge on any atom is -0.485 e. The number of nitrogens with two attached hydrogens (primary N) is 1. The molecule has 3 rings (SSSR count). The van der Waals surface area contributed by atoms with E-state index in [9.17, 15) is 0 Å². The fourth-order valence-electron chi connectivity index (χ4n) is 2.66. The van der Waals surface area contributed by atoms with Crippen LogP contribution >= 0.6 is 24.8 Å². The van der Waals surface area contributed by atoms with E-state index in [2.05, 4.69) is 11.4 Å². The maximum Gasteiger partial charge on any atom is 0.131 e. The maximum atomic E-state index is 6.30. The molecule has 5 heteroatoms. The summed E-state index contributed by atoms with van der Waals surface area (Å²) in [4.78, 5) is 0. The molecule has 3 N–H and O–H groups in total. The van der Waals surface area contributed by atoms with Crippen molar-refractivity contribution in [1.82, 2.24) is 5.32 Å². The highest BCUT2D eigenvalue weighted by molar-refractivity contribution is 5.85. The number of piperidine rings is 1. The van der Waals surface area contributed by atoms with Crippen LogP contribution in [0.2, 0.25) is 0 Å². The van der Waals surface area contributed by atoms with Gasteiger partial charge in [0.25, 0.3) is 0 Å². The Kier molecular flexibility index (Phi) is 4.67. The summed E-state index contributed by atoms with van der Waals surface area (Å²) in [5.74, 6) is 0.979. The monoisotopic (exact) mass is 276 g/mol. The lowest BCUT2D eigenvalue weighted by atomic mass is 9.84. The van der Waals surface area contributed by atoms with Crippen molar-refractivity contribution in [2.75, 3.05) is 13.1 Å². The average Bonchev–Trinajstić information content (AvgIpc) is 2.54. The van der Waals surface area contributed by atoms with Gasteiger partial charge in [-0.25, -0.2) is 0 Å². The van der Waals surface area contributed by atoms with Gasteiger partial charge in [0.1, 0.15) is 11.4 Å². The molecule has 1 atom stereocenters. The fourth-order valence-corrected chi connectivity index (χ4v) is 2.66. The van der Waals surface area contributed by atoms with Crippen molar-refractivity contribution in [3.05, 3.63) is 29.8 Å². The number of benzene rings is 1. The van der Waals surface area contributed by atoms with Crippen molar-refractivity contribution < 1.29 is 4.74 Å². The summed E-state index contributed by atoms with van der Waals surface area (Å²) in [5.41, 5.74) is 7.33. The minimum absolute atomic E-state index is 0. The summed E-state index contributed by atoms with van der Waals surface area (Å²) < 4.78 is 6.08. The predicted molar refractivity (Wildman–Crippen MR) is 73.3 cm³/mol. The Balaban J connectivity index is 0.000000722. The molecule has 2 heterocycles. The van der Waals surface area contributed by atoms with E-state index in [4.69, 9.17) is 10.5 Å². The third-order valence-corrected chi connectivity index (χ3v) is 3.58. The zero-order chi connectivity index (χ0) is 10.3. The number of ether oxygens (including phenoxy) is 1. The highest BCUT2D eigenvalue weighted by Crippen LogP contribution is 2.45. The first kappa shape index (κ1) is 14.6. The second-order valence-corrected chi connectivity index (χ2v) is 4.43. The van der Waals surface area contributed by atoms with Gasteiger partial charge >= 0.3 is 0 Å². The van der Waals surface area contributed by atoms with E-state index < -0.39 is 0 Å². The van der Waals surface area contributed by atoms with Crippen LogP contribution in [0, 0.1) is 0 Å². The van der Waals surface area contributed by atoms with Crippen LogP contribution in [0.5, 0.6) is 5.75 Å². The molecule has 17 heavy (non-hydrogen) atoms. The molecule has 2 aliphatic heterocycles. The molecule has 96 valence electrons. The van der Waals surface area contributed by atoms with Gasteiger partial charge in [-0.15, -0.1) is 24.8 Å². The number of hydrogen-bond acceptors (Lipinski definition) is 3. The second kappa shape index (κ2) is 5.44. The topological polar surface area (TPSA) is 47.3 Å². The first-order chi connectivity index (χ1) is 7.32. The Hall–Kier alpha value is -0.480. The fraction of sp³-hybridized carbons (Fsp3) is 0.500. The lowest BCUT2D eigenvalue weighted by Gasteiger charge is -2.36. The number of hydrogen-bond donors (Lipinski definition) is 2. The van der Waals surface area contributed by atoms with Gasteiger partial charge in [0.15, 0.2) is 0 Å². The second-order valence-electron chi connectivity index (χ2n) is 4.43. The zero-order valence-electron chi connectivity index (χ0n) is 9.52. The molecule has 0 aromatic heterocycles. The Morgan fingerprint density at radius 1 is 1.18 bits per heavy atom. The molecule has 0 saturated carbocycles. The SMILES string of the molecule is Cl.Cl.NC1c2ccccc2OC12CCNCC2. The van der Waals surface area contributed by atoms with E-state index in [1.165, 1.54) is 5.56 Å². The van der Waals surface area contributed by atoms with Crippen LogP contribution in [0.3, 0.4) is 0 Å². The lowest BCUT2D eigenvalue weighted by Crippen LogP contribution is -2.50. The standard InChI is InChI=1S/C12H16N2O.2ClH/c13-11-9-3-1-2-4-10(9)15-12(11)5-7-14-8-6-12;;/h1-4,11,14H,5-8,13H2;2*1H. The summed E-state index contributed by atoms with van der Waals surface area (Å²) in [7, 11) is 0. The average molecular weight is 277 g/mol. The van der Waals surface area contributed by atoms with E-state index in [0.29, 0.717) is 0 Å². The van der Waals surface area contributed by atoms with Gasteiger partial charge in [-0.1, -0.05) is 18.2 Å². The third-order valence-electron chi connectivity index (χ3n) is 3.58. The number of nitrogens with one attached hydrogen (secondary N) is 1. The Labute approximate surface area is 114 Å². The largest absolute Gasteiger partial charge is 0.485 e. The summed E-state index contributed by atoms with van der Waals surface area (Å²) >= 11 is 0. The summed E-state index contributed by atoms with van der Waals surface area (Å²) in [6.45, 7) is 2.00. The third kappa shape index (κ3) is 2.25. The van der Waals surface area contributed by atoms with E-state index in [-0.39, 0.29) is 36.5 Å². The summed E-state index contributed by atoms with van der Waals surface area (Å²) in [5, 5.41) is 3.35.